The summed E-state index contributed by atoms with van der Waals surface area (Å²) in [5.41, 5.74) is 0. The van der Waals surface area contributed by atoms with E-state index in [9.17, 15) is 8.42 Å². The minimum Gasteiger partial charge on any atom is -0.335 e. The topological polar surface area (TPSA) is 78.1 Å². The van der Waals surface area contributed by atoms with Crippen LogP contribution in [-0.4, -0.2) is 48.4 Å². The van der Waals surface area contributed by atoms with Crippen LogP contribution in [0.1, 0.15) is 26.7 Å². The number of imidazole rings is 1. The molecular weight excluding hydrogens is 264 g/mol. The maximum absolute atomic E-state index is 12.3. The fourth-order valence-electron chi connectivity index (χ4n) is 2.48. The average molecular weight is 286 g/mol. The van der Waals surface area contributed by atoms with Crippen molar-refractivity contribution < 1.29 is 8.42 Å². The van der Waals surface area contributed by atoms with E-state index in [1.807, 2.05) is 0 Å². The SMILES string of the molecule is CCCNC1CCN(S(=O)(=O)c2cnc[nH]2)CC1C. The van der Waals surface area contributed by atoms with Crippen LogP contribution in [0.4, 0.5) is 0 Å². The van der Waals surface area contributed by atoms with Crippen LogP contribution >= 0.6 is 0 Å². The predicted octanol–water partition coefficient (Wildman–Crippen LogP) is 0.808. The van der Waals surface area contributed by atoms with E-state index in [0.717, 1.165) is 19.4 Å². The van der Waals surface area contributed by atoms with E-state index in [-0.39, 0.29) is 5.03 Å². The molecule has 1 fully saturated rings. The van der Waals surface area contributed by atoms with Crippen LogP contribution in [0.3, 0.4) is 0 Å². The first-order valence-electron chi connectivity index (χ1n) is 6.77. The standard InChI is InChI=1S/C12H22N4O2S/c1-3-5-14-11-4-6-16(8-10(11)2)19(17,18)12-7-13-9-15-12/h7,9-11,14H,3-6,8H2,1-2H3,(H,13,15). The molecule has 1 aromatic rings. The molecule has 1 aliphatic heterocycles. The molecule has 0 spiro atoms. The van der Waals surface area contributed by atoms with Gasteiger partial charge in [-0.1, -0.05) is 13.8 Å². The van der Waals surface area contributed by atoms with Crippen molar-refractivity contribution in [3.05, 3.63) is 12.5 Å². The Morgan fingerprint density at radius 2 is 2.37 bits per heavy atom. The molecule has 6 nitrogen and oxygen atoms in total. The molecule has 2 atom stereocenters. The number of hydrogen-bond donors (Lipinski definition) is 2. The molecule has 19 heavy (non-hydrogen) atoms. The van der Waals surface area contributed by atoms with E-state index in [4.69, 9.17) is 0 Å². The maximum Gasteiger partial charge on any atom is 0.260 e. The van der Waals surface area contributed by atoms with Gasteiger partial charge in [0.05, 0.1) is 12.5 Å². The molecule has 0 aromatic carbocycles. The average Bonchev–Trinajstić information content (AvgIpc) is 2.91. The second-order valence-electron chi connectivity index (χ2n) is 5.11. The molecule has 1 aromatic heterocycles. The minimum atomic E-state index is -3.41. The van der Waals surface area contributed by atoms with Crippen molar-refractivity contribution in [2.75, 3.05) is 19.6 Å². The third-order valence-corrected chi connectivity index (χ3v) is 5.41. The zero-order chi connectivity index (χ0) is 13.9. The lowest BCUT2D eigenvalue weighted by molar-refractivity contribution is 0.220. The van der Waals surface area contributed by atoms with Crippen LogP contribution < -0.4 is 5.32 Å². The molecule has 2 unspecified atom stereocenters. The van der Waals surface area contributed by atoms with Crippen molar-refractivity contribution in [1.82, 2.24) is 19.6 Å². The molecule has 0 amide bonds. The normalized spacial score (nSPS) is 25.6. The number of aromatic nitrogens is 2. The molecule has 0 saturated carbocycles. The number of hydrogen-bond acceptors (Lipinski definition) is 4. The Kier molecular flexibility index (Phi) is 4.59. The second kappa shape index (κ2) is 6.02. The molecule has 0 aliphatic carbocycles. The number of rotatable bonds is 5. The third kappa shape index (κ3) is 3.16. The third-order valence-electron chi connectivity index (χ3n) is 3.62. The van der Waals surface area contributed by atoms with Gasteiger partial charge in [0, 0.05) is 19.1 Å². The van der Waals surface area contributed by atoms with Crippen LogP contribution in [0.2, 0.25) is 0 Å². The van der Waals surface area contributed by atoms with Gasteiger partial charge in [-0.2, -0.15) is 4.31 Å². The summed E-state index contributed by atoms with van der Waals surface area (Å²) in [5, 5.41) is 3.67. The van der Waals surface area contributed by atoms with Crippen molar-refractivity contribution in [1.29, 1.82) is 0 Å². The Hall–Kier alpha value is -0.920. The first kappa shape index (κ1) is 14.5. The first-order chi connectivity index (χ1) is 9.05. The molecule has 0 bridgehead atoms. The number of nitrogens with one attached hydrogen (secondary N) is 2. The number of sulfonamides is 1. The molecule has 1 saturated heterocycles. The summed E-state index contributed by atoms with van der Waals surface area (Å²) < 4.78 is 26.2. The largest absolute Gasteiger partial charge is 0.335 e. The van der Waals surface area contributed by atoms with Crippen molar-refractivity contribution in [2.45, 2.75) is 37.8 Å². The fraction of sp³-hybridized carbons (Fsp3) is 0.750. The highest BCUT2D eigenvalue weighted by molar-refractivity contribution is 7.89. The Morgan fingerprint density at radius 3 is 2.95 bits per heavy atom. The van der Waals surface area contributed by atoms with Crippen LogP contribution in [0.15, 0.2) is 17.6 Å². The van der Waals surface area contributed by atoms with Gasteiger partial charge < -0.3 is 10.3 Å². The van der Waals surface area contributed by atoms with Crippen molar-refractivity contribution >= 4 is 10.0 Å². The number of aromatic amines is 1. The summed E-state index contributed by atoms with van der Waals surface area (Å²) >= 11 is 0. The second-order valence-corrected chi connectivity index (χ2v) is 7.01. The van der Waals surface area contributed by atoms with E-state index >= 15 is 0 Å². The van der Waals surface area contributed by atoms with Crippen molar-refractivity contribution in [2.24, 2.45) is 5.92 Å². The van der Waals surface area contributed by atoms with Crippen LogP contribution in [0, 0.1) is 5.92 Å². The van der Waals surface area contributed by atoms with E-state index < -0.39 is 10.0 Å². The highest BCUT2D eigenvalue weighted by Crippen LogP contribution is 2.22. The summed E-state index contributed by atoms with van der Waals surface area (Å²) in [7, 11) is -3.41. The highest BCUT2D eigenvalue weighted by atomic mass is 32.2. The van der Waals surface area contributed by atoms with Gasteiger partial charge in [-0.15, -0.1) is 0 Å². The summed E-state index contributed by atoms with van der Waals surface area (Å²) in [6.07, 6.45) is 4.71. The zero-order valence-electron chi connectivity index (χ0n) is 11.5. The lowest BCUT2D eigenvalue weighted by Gasteiger charge is -2.36. The van der Waals surface area contributed by atoms with Gasteiger partial charge in [0.1, 0.15) is 0 Å². The van der Waals surface area contributed by atoms with Gasteiger partial charge in [-0.3, -0.25) is 0 Å². The van der Waals surface area contributed by atoms with Gasteiger partial charge >= 0.3 is 0 Å². The fourth-order valence-corrected chi connectivity index (χ4v) is 3.93. The molecule has 2 rings (SSSR count). The summed E-state index contributed by atoms with van der Waals surface area (Å²) in [5.74, 6) is 0.318. The van der Waals surface area contributed by atoms with Crippen molar-refractivity contribution in [3.8, 4) is 0 Å². The first-order valence-corrected chi connectivity index (χ1v) is 8.21. The smallest absolute Gasteiger partial charge is 0.260 e. The minimum absolute atomic E-state index is 0.180. The molecule has 2 heterocycles. The quantitative estimate of drug-likeness (QED) is 0.839. The Morgan fingerprint density at radius 1 is 1.58 bits per heavy atom. The lowest BCUT2D eigenvalue weighted by Crippen LogP contribution is -2.50. The van der Waals surface area contributed by atoms with E-state index in [0.29, 0.717) is 25.0 Å². The maximum atomic E-state index is 12.3. The number of piperidine rings is 1. The predicted molar refractivity (Wildman–Crippen MR) is 73.2 cm³/mol. The van der Waals surface area contributed by atoms with Crippen LogP contribution in [-0.2, 0) is 10.0 Å². The molecule has 2 N–H and O–H groups in total. The molecule has 1 aliphatic rings. The van der Waals surface area contributed by atoms with Gasteiger partial charge in [-0.05, 0) is 25.3 Å². The van der Waals surface area contributed by atoms with E-state index in [2.05, 4.69) is 29.1 Å². The van der Waals surface area contributed by atoms with E-state index in [1.54, 1.807) is 4.31 Å². The van der Waals surface area contributed by atoms with Crippen molar-refractivity contribution in [3.63, 3.8) is 0 Å². The summed E-state index contributed by atoms with van der Waals surface area (Å²) in [6.45, 7) is 6.34. The Balaban J connectivity index is 2.02. The van der Waals surface area contributed by atoms with Gasteiger partial charge in [0.25, 0.3) is 10.0 Å². The molecular formula is C12H22N4O2S. The lowest BCUT2D eigenvalue weighted by atomic mass is 9.95. The molecule has 7 heteroatoms. The Bertz CT molecular complexity index is 486. The highest BCUT2D eigenvalue weighted by Gasteiger charge is 2.33. The Labute approximate surface area is 114 Å². The number of H-pyrrole nitrogens is 1. The number of nitrogens with zero attached hydrogens (tertiary/aromatic N) is 2. The summed E-state index contributed by atoms with van der Waals surface area (Å²) in [6, 6.07) is 0.410. The zero-order valence-corrected chi connectivity index (χ0v) is 12.3. The molecule has 0 radical (unpaired) electrons. The van der Waals surface area contributed by atoms with E-state index in [1.165, 1.54) is 12.5 Å². The van der Waals surface area contributed by atoms with Gasteiger partial charge in [-0.25, -0.2) is 13.4 Å². The van der Waals surface area contributed by atoms with Crippen LogP contribution in [0.5, 0.6) is 0 Å². The van der Waals surface area contributed by atoms with Gasteiger partial charge in [0.2, 0.25) is 0 Å². The summed E-state index contributed by atoms with van der Waals surface area (Å²) in [4.78, 5) is 6.46. The van der Waals surface area contributed by atoms with Crippen LogP contribution in [0.25, 0.3) is 0 Å². The van der Waals surface area contributed by atoms with Gasteiger partial charge in [0.15, 0.2) is 5.03 Å². The molecule has 108 valence electrons. The monoisotopic (exact) mass is 286 g/mol.